The van der Waals surface area contributed by atoms with Gasteiger partial charge in [0.05, 0.1) is 15.2 Å². The molecular weight excluding hydrogens is 234 g/mol. The predicted octanol–water partition coefficient (Wildman–Crippen LogP) is 1.85. The summed E-state index contributed by atoms with van der Waals surface area (Å²) in [5, 5.41) is -0.401. The lowest BCUT2D eigenvalue weighted by atomic mass is 10.3. The molecule has 0 amide bonds. The zero-order chi connectivity index (χ0) is 11.6. The minimum atomic E-state index is -3.43. The summed E-state index contributed by atoms with van der Waals surface area (Å²) < 4.78 is 24.1. The maximum atomic E-state index is 12.0. The number of rotatable bonds is 3. The highest BCUT2D eigenvalue weighted by Gasteiger charge is 2.27. The Morgan fingerprint density at radius 2 is 1.80 bits per heavy atom. The highest BCUT2D eigenvalue weighted by Crippen LogP contribution is 2.25. The van der Waals surface area contributed by atoms with E-state index in [1.807, 2.05) is 0 Å². The van der Waals surface area contributed by atoms with Gasteiger partial charge in [-0.15, -0.1) is 0 Å². The smallest absolute Gasteiger partial charge is 0.183 e. The van der Waals surface area contributed by atoms with Crippen molar-refractivity contribution in [2.45, 2.75) is 30.0 Å². The molecule has 0 radical (unpaired) electrons. The highest BCUT2D eigenvalue weighted by atomic mass is 35.5. The van der Waals surface area contributed by atoms with E-state index in [4.69, 9.17) is 17.3 Å². The molecule has 84 valence electrons. The SMILES string of the molecule is CC(N)C(C)S(=O)(=O)c1ccccc1Cl. The van der Waals surface area contributed by atoms with E-state index in [0.29, 0.717) is 0 Å². The van der Waals surface area contributed by atoms with Crippen molar-refractivity contribution in [1.29, 1.82) is 0 Å². The van der Waals surface area contributed by atoms with Crippen LogP contribution in [0.15, 0.2) is 29.2 Å². The molecule has 2 atom stereocenters. The minimum Gasteiger partial charge on any atom is -0.327 e. The summed E-state index contributed by atoms with van der Waals surface area (Å²) in [6.45, 7) is 3.25. The van der Waals surface area contributed by atoms with E-state index in [1.54, 1.807) is 32.0 Å². The van der Waals surface area contributed by atoms with Crippen LogP contribution in [0.25, 0.3) is 0 Å². The van der Waals surface area contributed by atoms with E-state index in [2.05, 4.69) is 0 Å². The lowest BCUT2D eigenvalue weighted by Crippen LogP contribution is -2.35. The van der Waals surface area contributed by atoms with Crippen LogP contribution in [-0.4, -0.2) is 19.7 Å². The van der Waals surface area contributed by atoms with Crippen molar-refractivity contribution in [1.82, 2.24) is 0 Å². The Hall–Kier alpha value is -0.580. The molecule has 0 aromatic heterocycles. The first-order chi connectivity index (χ1) is 6.87. The van der Waals surface area contributed by atoms with E-state index in [1.165, 1.54) is 6.07 Å². The van der Waals surface area contributed by atoms with Crippen molar-refractivity contribution in [3.63, 3.8) is 0 Å². The summed E-state index contributed by atoms with van der Waals surface area (Å²) in [5.41, 5.74) is 5.59. The van der Waals surface area contributed by atoms with Crippen molar-refractivity contribution in [2.24, 2.45) is 5.73 Å². The first-order valence-electron chi connectivity index (χ1n) is 4.61. The number of hydrogen-bond acceptors (Lipinski definition) is 3. The third kappa shape index (κ3) is 2.51. The van der Waals surface area contributed by atoms with Gasteiger partial charge in [-0.3, -0.25) is 0 Å². The Bertz CT molecular complexity index is 442. The Balaban J connectivity index is 3.24. The van der Waals surface area contributed by atoms with Crippen LogP contribution in [0.3, 0.4) is 0 Å². The molecule has 0 saturated heterocycles. The second-order valence-corrected chi connectivity index (χ2v) is 6.22. The Labute approximate surface area is 95.2 Å². The third-order valence-electron chi connectivity index (χ3n) is 2.37. The summed E-state index contributed by atoms with van der Waals surface area (Å²) >= 11 is 5.84. The number of hydrogen-bond donors (Lipinski definition) is 1. The summed E-state index contributed by atoms with van der Waals surface area (Å²) in [7, 11) is -3.43. The summed E-state index contributed by atoms with van der Waals surface area (Å²) in [6.07, 6.45) is 0. The molecule has 1 aromatic rings. The van der Waals surface area contributed by atoms with Gasteiger partial charge in [-0.2, -0.15) is 0 Å². The van der Waals surface area contributed by atoms with Crippen molar-refractivity contribution in [3.8, 4) is 0 Å². The molecule has 0 aliphatic rings. The van der Waals surface area contributed by atoms with Gasteiger partial charge in [-0.05, 0) is 26.0 Å². The Kier molecular flexibility index (Phi) is 3.76. The van der Waals surface area contributed by atoms with Crippen LogP contribution in [0, 0.1) is 0 Å². The summed E-state index contributed by atoms with van der Waals surface area (Å²) in [5.74, 6) is 0. The molecule has 0 bridgehead atoms. The van der Waals surface area contributed by atoms with Gasteiger partial charge in [-0.25, -0.2) is 8.42 Å². The second kappa shape index (κ2) is 4.51. The maximum absolute atomic E-state index is 12.0. The molecule has 0 aliphatic heterocycles. The normalized spacial score (nSPS) is 16.0. The van der Waals surface area contributed by atoms with Gasteiger partial charge in [0, 0.05) is 6.04 Å². The summed E-state index contributed by atoms with van der Waals surface area (Å²) in [6, 6.07) is 5.97. The van der Waals surface area contributed by atoms with Crippen LogP contribution < -0.4 is 5.73 Å². The molecular formula is C10H14ClNO2S. The van der Waals surface area contributed by atoms with Gasteiger partial charge >= 0.3 is 0 Å². The zero-order valence-electron chi connectivity index (χ0n) is 8.64. The van der Waals surface area contributed by atoms with Gasteiger partial charge in [-0.1, -0.05) is 23.7 Å². The molecule has 0 aliphatic carbocycles. The van der Waals surface area contributed by atoms with Gasteiger partial charge in [0.25, 0.3) is 0 Å². The molecule has 15 heavy (non-hydrogen) atoms. The van der Waals surface area contributed by atoms with Crippen molar-refractivity contribution in [3.05, 3.63) is 29.3 Å². The average molecular weight is 248 g/mol. The molecule has 2 unspecified atom stereocenters. The molecule has 0 fully saturated rings. The number of sulfone groups is 1. The van der Waals surface area contributed by atoms with Gasteiger partial charge in [0.15, 0.2) is 9.84 Å². The standard InChI is InChI=1S/C10H14ClNO2S/c1-7(12)8(2)15(13,14)10-6-4-3-5-9(10)11/h3-8H,12H2,1-2H3. The number of nitrogens with two attached hydrogens (primary N) is 1. The van der Waals surface area contributed by atoms with E-state index in [-0.39, 0.29) is 9.92 Å². The van der Waals surface area contributed by atoms with Crippen molar-refractivity contribution >= 4 is 21.4 Å². The van der Waals surface area contributed by atoms with E-state index >= 15 is 0 Å². The molecule has 3 nitrogen and oxygen atoms in total. The van der Waals surface area contributed by atoms with Crippen molar-refractivity contribution in [2.75, 3.05) is 0 Å². The average Bonchev–Trinajstić information content (AvgIpc) is 2.16. The quantitative estimate of drug-likeness (QED) is 0.887. The minimum absolute atomic E-state index is 0.150. The molecule has 5 heteroatoms. The predicted molar refractivity (Wildman–Crippen MR) is 61.7 cm³/mol. The van der Waals surface area contributed by atoms with Crippen LogP contribution in [0.5, 0.6) is 0 Å². The highest BCUT2D eigenvalue weighted by molar-refractivity contribution is 7.92. The first kappa shape index (κ1) is 12.5. The first-order valence-corrected chi connectivity index (χ1v) is 6.54. The van der Waals surface area contributed by atoms with Crippen LogP contribution in [0.2, 0.25) is 5.02 Å². The largest absolute Gasteiger partial charge is 0.327 e. The zero-order valence-corrected chi connectivity index (χ0v) is 10.2. The van der Waals surface area contributed by atoms with Crippen LogP contribution >= 0.6 is 11.6 Å². The molecule has 2 N–H and O–H groups in total. The van der Waals surface area contributed by atoms with E-state index in [0.717, 1.165) is 0 Å². The fourth-order valence-electron chi connectivity index (χ4n) is 1.16. The molecule has 0 heterocycles. The second-order valence-electron chi connectivity index (χ2n) is 3.54. The summed E-state index contributed by atoms with van der Waals surface area (Å²) in [4.78, 5) is 0.150. The fraction of sp³-hybridized carbons (Fsp3) is 0.400. The molecule has 1 aromatic carbocycles. The molecule has 0 saturated carbocycles. The van der Waals surface area contributed by atoms with Gasteiger partial charge in [0.1, 0.15) is 0 Å². The molecule has 1 rings (SSSR count). The van der Waals surface area contributed by atoms with E-state index in [9.17, 15) is 8.42 Å². The lowest BCUT2D eigenvalue weighted by Gasteiger charge is -2.17. The number of halogens is 1. The third-order valence-corrected chi connectivity index (χ3v) is 5.19. The van der Waals surface area contributed by atoms with Crippen LogP contribution in [0.4, 0.5) is 0 Å². The lowest BCUT2D eigenvalue weighted by molar-refractivity contribution is 0.568. The maximum Gasteiger partial charge on any atom is 0.183 e. The van der Waals surface area contributed by atoms with Gasteiger partial charge in [0.2, 0.25) is 0 Å². The number of benzene rings is 1. The molecule has 0 spiro atoms. The van der Waals surface area contributed by atoms with Crippen molar-refractivity contribution < 1.29 is 8.42 Å². The topological polar surface area (TPSA) is 60.2 Å². The Morgan fingerprint density at radius 3 is 2.27 bits per heavy atom. The Morgan fingerprint density at radius 1 is 1.27 bits per heavy atom. The van der Waals surface area contributed by atoms with E-state index < -0.39 is 21.1 Å². The van der Waals surface area contributed by atoms with Gasteiger partial charge < -0.3 is 5.73 Å². The monoisotopic (exact) mass is 247 g/mol. The van der Waals surface area contributed by atoms with Crippen LogP contribution in [-0.2, 0) is 9.84 Å². The fourth-order valence-corrected chi connectivity index (χ4v) is 3.19. The van der Waals surface area contributed by atoms with Crippen LogP contribution in [0.1, 0.15) is 13.8 Å².